The third-order valence-corrected chi connectivity index (χ3v) is 4.38. The third kappa shape index (κ3) is 3.63. The summed E-state index contributed by atoms with van der Waals surface area (Å²) in [5, 5.41) is 7.64. The molecule has 1 fully saturated rings. The number of alkyl halides is 1. The summed E-state index contributed by atoms with van der Waals surface area (Å²) in [7, 11) is 0. The molecule has 0 bridgehead atoms. The fourth-order valence-electron chi connectivity index (χ4n) is 3.01. The van der Waals surface area contributed by atoms with Crippen LogP contribution in [-0.4, -0.2) is 40.3 Å². The molecule has 1 aliphatic heterocycles. The molecule has 1 aliphatic rings. The van der Waals surface area contributed by atoms with Crippen molar-refractivity contribution < 1.29 is 18.4 Å². The fourth-order valence-corrected chi connectivity index (χ4v) is 3.01. The highest BCUT2D eigenvalue weighted by Gasteiger charge is 2.25. The number of nitrogens with zero attached hydrogens (tertiary/aromatic N) is 2. The Labute approximate surface area is 149 Å². The highest BCUT2D eigenvalue weighted by Crippen LogP contribution is 2.22. The average Bonchev–Trinajstić information content (AvgIpc) is 3.37. The van der Waals surface area contributed by atoms with Gasteiger partial charge in [-0.2, -0.15) is 0 Å². The van der Waals surface area contributed by atoms with Crippen molar-refractivity contribution in [2.75, 3.05) is 13.1 Å². The lowest BCUT2D eigenvalue weighted by Gasteiger charge is -2.15. The van der Waals surface area contributed by atoms with E-state index in [1.807, 2.05) is 24.3 Å². The predicted octanol–water partition coefficient (Wildman–Crippen LogP) is 2.99. The van der Waals surface area contributed by atoms with Gasteiger partial charge in [-0.15, -0.1) is 0 Å². The molecule has 0 saturated carbocycles. The van der Waals surface area contributed by atoms with Crippen molar-refractivity contribution in [1.82, 2.24) is 20.4 Å². The van der Waals surface area contributed by atoms with Gasteiger partial charge in [0.25, 0.3) is 0 Å². The smallest absolute Gasteiger partial charge is 0.317 e. The van der Waals surface area contributed by atoms with E-state index in [1.165, 1.54) is 11.2 Å². The number of aromatic amines is 1. The van der Waals surface area contributed by atoms with Gasteiger partial charge in [0.2, 0.25) is 0 Å². The van der Waals surface area contributed by atoms with Crippen molar-refractivity contribution in [3.63, 3.8) is 0 Å². The van der Waals surface area contributed by atoms with Gasteiger partial charge in [-0.25, -0.2) is 9.18 Å². The van der Waals surface area contributed by atoms with Crippen molar-refractivity contribution >= 4 is 16.9 Å². The minimum Gasteiger partial charge on any atom is -0.487 e. The van der Waals surface area contributed by atoms with Crippen LogP contribution in [0.25, 0.3) is 10.9 Å². The summed E-state index contributed by atoms with van der Waals surface area (Å²) in [4.78, 5) is 16.8. The summed E-state index contributed by atoms with van der Waals surface area (Å²) in [5.41, 5.74) is 2.51. The Morgan fingerprint density at radius 3 is 3.12 bits per heavy atom. The number of halogens is 1. The van der Waals surface area contributed by atoms with Crippen molar-refractivity contribution in [3.8, 4) is 5.75 Å². The third-order valence-electron chi connectivity index (χ3n) is 4.38. The molecule has 0 aliphatic carbocycles. The van der Waals surface area contributed by atoms with Crippen LogP contribution in [0.1, 0.15) is 17.8 Å². The molecule has 7 nitrogen and oxygen atoms in total. The second-order valence-corrected chi connectivity index (χ2v) is 6.31. The first-order valence-corrected chi connectivity index (χ1v) is 8.48. The maximum atomic E-state index is 13.2. The molecule has 26 heavy (non-hydrogen) atoms. The molecule has 2 aromatic heterocycles. The standard InChI is InChI=1S/C18H19FN4O3/c19-13-3-5-23(10-13)18(24)20-9-15-7-12-1-2-16(8-17(12)21-15)25-11-14-4-6-26-22-14/h1-2,4,6-8,13,21H,3,5,9-11H2,(H,20,24). The molecular formula is C18H19FN4O3. The number of hydrogen-bond acceptors (Lipinski definition) is 4. The fraction of sp³-hybridized carbons (Fsp3) is 0.333. The van der Waals surface area contributed by atoms with E-state index in [0.29, 0.717) is 31.9 Å². The number of likely N-dealkylation sites (tertiary alicyclic amines) is 1. The maximum absolute atomic E-state index is 13.2. The second kappa shape index (κ2) is 7.07. The van der Waals surface area contributed by atoms with Crippen LogP contribution in [0.4, 0.5) is 9.18 Å². The largest absolute Gasteiger partial charge is 0.487 e. The zero-order chi connectivity index (χ0) is 17.9. The number of carbonyl (C=O) groups is 1. The maximum Gasteiger partial charge on any atom is 0.317 e. The number of ether oxygens (including phenoxy) is 1. The number of urea groups is 1. The van der Waals surface area contributed by atoms with E-state index in [0.717, 1.165) is 22.3 Å². The minimum absolute atomic E-state index is 0.171. The normalized spacial score (nSPS) is 17.0. The number of fused-ring (bicyclic) bond motifs is 1. The van der Waals surface area contributed by atoms with Gasteiger partial charge in [-0.05, 0) is 30.0 Å². The van der Waals surface area contributed by atoms with E-state index in [-0.39, 0.29) is 12.6 Å². The number of hydrogen-bond donors (Lipinski definition) is 2. The zero-order valence-electron chi connectivity index (χ0n) is 14.1. The van der Waals surface area contributed by atoms with Crippen LogP contribution in [0.3, 0.4) is 0 Å². The van der Waals surface area contributed by atoms with Gasteiger partial charge < -0.3 is 24.5 Å². The van der Waals surface area contributed by atoms with Crippen LogP contribution >= 0.6 is 0 Å². The molecule has 136 valence electrons. The van der Waals surface area contributed by atoms with E-state index in [9.17, 15) is 9.18 Å². The molecule has 3 heterocycles. The molecule has 2 amide bonds. The number of aromatic nitrogens is 2. The van der Waals surface area contributed by atoms with Crippen LogP contribution in [-0.2, 0) is 13.2 Å². The SMILES string of the molecule is O=C(NCc1cc2ccc(OCc3ccon3)cc2[nH]1)N1CCC(F)C1. The lowest BCUT2D eigenvalue weighted by Crippen LogP contribution is -2.38. The molecular weight excluding hydrogens is 339 g/mol. The van der Waals surface area contributed by atoms with Crippen LogP contribution in [0.2, 0.25) is 0 Å². The number of nitrogens with one attached hydrogen (secondary N) is 2. The first-order valence-electron chi connectivity index (χ1n) is 8.48. The van der Waals surface area contributed by atoms with Gasteiger partial charge in [0.1, 0.15) is 30.5 Å². The monoisotopic (exact) mass is 358 g/mol. The van der Waals surface area contributed by atoms with Gasteiger partial charge in [0.15, 0.2) is 0 Å². The molecule has 1 saturated heterocycles. The first kappa shape index (κ1) is 16.4. The second-order valence-electron chi connectivity index (χ2n) is 6.31. The van der Waals surface area contributed by atoms with Crippen molar-refractivity contribution in [1.29, 1.82) is 0 Å². The van der Waals surface area contributed by atoms with Crippen LogP contribution < -0.4 is 10.1 Å². The summed E-state index contributed by atoms with van der Waals surface area (Å²) in [6, 6.07) is 9.21. The highest BCUT2D eigenvalue weighted by molar-refractivity contribution is 5.82. The van der Waals surface area contributed by atoms with E-state index in [1.54, 1.807) is 6.07 Å². The Morgan fingerprint density at radius 1 is 1.42 bits per heavy atom. The molecule has 0 radical (unpaired) electrons. The summed E-state index contributed by atoms with van der Waals surface area (Å²) in [6.07, 6.45) is 1.00. The number of H-pyrrole nitrogens is 1. The summed E-state index contributed by atoms with van der Waals surface area (Å²) in [5.74, 6) is 0.712. The number of amides is 2. The Hall–Kier alpha value is -3.03. The highest BCUT2D eigenvalue weighted by atomic mass is 19.1. The summed E-state index contributed by atoms with van der Waals surface area (Å²) in [6.45, 7) is 1.32. The van der Waals surface area contributed by atoms with Crippen molar-refractivity contribution in [2.45, 2.75) is 25.7 Å². The van der Waals surface area contributed by atoms with Crippen molar-refractivity contribution in [2.24, 2.45) is 0 Å². The molecule has 4 rings (SSSR count). The Bertz CT molecular complexity index is 893. The lowest BCUT2D eigenvalue weighted by atomic mass is 10.2. The van der Waals surface area contributed by atoms with Crippen LogP contribution in [0.5, 0.6) is 5.75 Å². The summed E-state index contributed by atoms with van der Waals surface area (Å²) < 4.78 is 23.6. The molecule has 3 aromatic rings. The van der Waals surface area contributed by atoms with Crippen LogP contribution in [0.15, 0.2) is 41.1 Å². The molecule has 0 spiro atoms. The quantitative estimate of drug-likeness (QED) is 0.734. The van der Waals surface area contributed by atoms with Gasteiger partial charge in [0, 0.05) is 29.9 Å². The van der Waals surface area contributed by atoms with Gasteiger partial charge in [-0.1, -0.05) is 5.16 Å². The molecule has 2 N–H and O–H groups in total. The molecule has 1 atom stereocenters. The average molecular weight is 358 g/mol. The number of carbonyl (C=O) groups excluding carboxylic acids is 1. The summed E-state index contributed by atoms with van der Waals surface area (Å²) >= 11 is 0. The Kier molecular flexibility index (Phi) is 4.47. The molecule has 8 heteroatoms. The van der Waals surface area contributed by atoms with E-state index < -0.39 is 6.17 Å². The predicted molar refractivity (Wildman–Crippen MR) is 92.5 cm³/mol. The van der Waals surface area contributed by atoms with Gasteiger partial charge in [0.05, 0.1) is 13.1 Å². The minimum atomic E-state index is -0.913. The van der Waals surface area contributed by atoms with Crippen molar-refractivity contribution in [3.05, 3.63) is 48.0 Å². The number of benzene rings is 1. The Morgan fingerprint density at radius 2 is 2.35 bits per heavy atom. The molecule has 1 unspecified atom stereocenters. The van der Waals surface area contributed by atoms with E-state index >= 15 is 0 Å². The number of rotatable bonds is 5. The van der Waals surface area contributed by atoms with Gasteiger partial charge >= 0.3 is 6.03 Å². The molecule has 1 aromatic carbocycles. The zero-order valence-corrected chi connectivity index (χ0v) is 14.1. The first-order chi connectivity index (χ1) is 12.7. The topological polar surface area (TPSA) is 83.4 Å². The van der Waals surface area contributed by atoms with E-state index in [4.69, 9.17) is 9.26 Å². The van der Waals surface area contributed by atoms with Gasteiger partial charge in [-0.3, -0.25) is 0 Å². The van der Waals surface area contributed by atoms with E-state index in [2.05, 4.69) is 15.5 Å². The lowest BCUT2D eigenvalue weighted by molar-refractivity contribution is 0.204. The van der Waals surface area contributed by atoms with Crippen LogP contribution in [0, 0.1) is 0 Å². The Balaban J connectivity index is 1.37.